The maximum Gasteiger partial charge on any atom is 0.265 e. The molecule has 0 bridgehead atoms. The van der Waals surface area contributed by atoms with Crippen LogP contribution >= 0.6 is 11.8 Å². The lowest BCUT2D eigenvalue weighted by atomic mass is 10.1. The summed E-state index contributed by atoms with van der Waals surface area (Å²) in [5.74, 6) is 0.644. The number of carbonyl (C=O) groups is 3. The quantitative estimate of drug-likeness (QED) is 0.670. The first-order chi connectivity index (χ1) is 14.0. The Balaban J connectivity index is 1.57. The van der Waals surface area contributed by atoms with Crippen molar-refractivity contribution < 1.29 is 19.1 Å². The fraction of sp³-hybridized carbons (Fsp3) is 0.318. The highest BCUT2D eigenvalue weighted by Gasteiger charge is 2.25. The van der Waals surface area contributed by atoms with E-state index in [1.54, 1.807) is 23.1 Å². The van der Waals surface area contributed by atoms with Gasteiger partial charge in [0.2, 0.25) is 5.91 Å². The first-order valence-electron chi connectivity index (χ1n) is 9.52. The molecule has 2 amide bonds. The van der Waals surface area contributed by atoms with Crippen molar-refractivity contribution in [3.63, 3.8) is 0 Å². The summed E-state index contributed by atoms with van der Waals surface area (Å²) in [6, 6.07) is 12.7. The highest BCUT2D eigenvalue weighted by atomic mass is 32.2. The summed E-state index contributed by atoms with van der Waals surface area (Å²) in [6.45, 7) is 4.56. The van der Waals surface area contributed by atoms with Crippen LogP contribution in [0.1, 0.15) is 29.3 Å². The second kappa shape index (κ2) is 9.60. The van der Waals surface area contributed by atoms with Gasteiger partial charge in [-0.3, -0.25) is 14.4 Å². The number of Topliss-reactive ketones (excluding diaryl/α,β-unsaturated/α-hetero) is 1. The van der Waals surface area contributed by atoms with Crippen LogP contribution in [0.15, 0.2) is 42.5 Å². The van der Waals surface area contributed by atoms with E-state index in [1.807, 2.05) is 38.1 Å². The molecule has 2 aromatic carbocycles. The third kappa shape index (κ3) is 5.38. The lowest BCUT2D eigenvalue weighted by Gasteiger charge is -2.29. The van der Waals surface area contributed by atoms with E-state index in [-0.39, 0.29) is 35.7 Å². The number of benzene rings is 2. The number of ketones is 1. The second-order valence-electron chi connectivity index (χ2n) is 6.85. The van der Waals surface area contributed by atoms with Gasteiger partial charge in [-0.2, -0.15) is 0 Å². The van der Waals surface area contributed by atoms with Crippen molar-refractivity contribution >= 4 is 40.7 Å². The highest BCUT2D eigenvalue weighted by Crippen LogP contribution is 2.33. The molecule has 0 radical (unpaired) electrons. The summed E-state index contributed by atoms with van der Waals surface area (Å²) < 4.78 is 5.46. The predicted octanol–water partition coefficient (Wildman–Crippen LogP) is 3.69. The Kier molecular flexibility index (Phi) is 6.93. The minimum absolute atomic E-state index is 0.0200. The third-order valence-electron chi connectivity index (χ3n) is 4.44. The lowest BCUT2D eigenvalue weighted by Crippen LogP contribution is -2.39. The number of ether oxygens (including phenoxy) is 1. The Labute approximate surface area is 174 Å². The van der Waals surface area contributed by atoms with Crippen molar-refractivity contribution in [2.75, 3.05) is 34.9 Å². The molecule has 0 unspecified atom stereocenters. The van der Waals surface area contributed by atoms with Crippen LogP contribution in [-0.2, 0) is 9.59 Å². The van der Waals surface area contributed by atoms with Crippen molar-refractivity contribution in [2.24, 2.45) is 0 Å². The van der Waals surface area contributed by atoms with Crippen LogP contribution in [0.2, 0.25) is 0 Å². The molecular weight excluding hydrogens is 388 g/mol. The number of carbonyl (C=O) groups excluding carboxylic acids is 3. The number of nitrogens with one attached hydrogen (secondary N) is 1. The van der Waals surface area contributed by atoms with Gasteiger partial charge in [-0.25, -0.2) is 0 Å². The maximum atomic E-state index is 12.6. The Hall–Kier alpha value is -2.80. The van der Waals surface area contributed by atoms with E-state index in [1.165, 1.54) is 11.8 Å². The molecule has 2 aromatic rings. The number of nitrogens with zero attached hydrogens (tertiary/aromatic N) is 1. The molecule has 1 aliphatic heterocycles. The van der Waals surface area contributed by atoms with Gasteiger partial charge in [0, 0.05) is 17.8 Å². The van der Waals surface area contributed by atoms with Gasteiger partial charge in [-0.05, 0) is 49.2 Å². The van der Waals surface area contributed by atoms with Gasteiger partial charge in [0.05, 0.1) is 17.2 Å². The van der Waals surface area contributed by atoms with Crippen LogP contribution in [0.25, 0.3) is 0 Å². The zero-order valence-corrected chi connectivity index (χ0v) is 17.4. The van der Waals surface area contributed by atoms with Crippen LogP contribution in [0.3, 0.4) is 0 Å². The number of aryl methyl sites for hydroxylation is 1. The van der Waals surface area contributed by atoms with E-state index >= 15 is 0 Å². The monoisotopic (exact) mass is 412 g/mol. The molecule has 29 heavy (non-hydrogen) atoms. The third-order valence-corrected chi connectivity index (χ3v) is 5.37. The standard InChI is InChI=1S/C22H24N2O4S/c1-3-9-24-18-11-16(7-8-20(18)28-12-22(24)27)19(25)13-29-14-21(26)23-17-6-4-5-15(2)10-17/h4-8,10-11H,3,9,12-14H2,1-2H3,(H,23,26). The smallest absolute Gasteiger partial charge is 0.265 e. The Morgan fingerprint density at radius 3 is 2.76 bits per heavy atom. The number of amides is 2. The minimum Gasteiger partial charge on any atom is -0.482 e. The average Bonchev–Trinajstić information content (AvgIpc) is 2.69. The number of fused-ring (bicyclic) bond motifs is 1. The fourth-order valence-electron chi connectivity index (χ4n) is 3.08. The van der Waals surface area contributed by atoms with Crippen LogP contribution in [-0.4, -0.2) is 42.3 Å². The lowest BCUT2D eigenvalue weighted by molar-refractivity contribution is -0.121. The van der Waals surface area contributed by atoms with Crippen molar-refractivity contribution in [3.05, 3.63) is 53.6 Å². The molecule has 152 valence electrons. The second-order valence-corrected chi connectivity index (χ2v) is 7.84. The van der Waals surface area contributed by atoms with Gasteiger partial charge in [-0.1, -0.05) is 19.1 Å². The molecule has 1 heterocycles. The van der Waals surface area contributed by atoms with E-state index in [2.05, 4.69) is 5.32 Å². The van der Waals surface area contributed by atoms with Crippen LogP contribution in [0.5, 0.6) is 5.75 Å². The van der Waals surface area contributed by atoms with Crippen molar-refractivity contribution in [1.29, 1.82) is 0 Å². The van der Waals surface area contributed by atoms with Gasteiger partial charge in [0.15, 0.2) is 12.4 Å². The molecule has 0 spiro atoms. The van der Waals surface area contributed by atoms with Crippen LogP contribution in [0.4, 0.5) is 11.4 Å². The topological polar surface area (TPSA) is 75.7 Å². The van der Waals surface area contributed by atoms with Crippen molar-refractivity contribution in [1.82, 2.24) is 0 Å². The molecule has 1 N–H and O–H groups in total. The minimum atomic E-state index is -0.146. The molecule has 0 aliphatic carbocycles. The molecule has 0 fully saturated rings. The molecule has 0 aromatic heterocycles. The number of thioether (sulfide) groups is 1. The van der Waals surface area contributed by atoms with Gasteiger partial charge in [0.1, 0.15) is 5.75 Å². The molecule has 0 saturated carbocycles. The molecule has 6 nitrogen and oxygen atoms in total. The van der Waals surface area contributed by atoms with Crippen molar-refractivity contribution in [3.8, 4) is 5.75 Å². The Morgan fingerprint density at radius 1 is 1.17 bits per heavy atom. The normalized spacial score (nSPS) is 12.9. The predicted molar refractivity (Wildman–Crippen MR) is 116 cm³/mol. The van der Waals surface area contributed by atoms with Crippen LogP contribution in [0, 0.1) is 6.92 Å². The van der Waals surface area contributed by atoms with Gasteiger partial charge in [0.25, 0.3) is 5.91 Å². The van der Waals surface area contributed by atoms with Gasteiger partial charge >= 0.3 is 0 Å². The average molecular weight is 413 g/mol. The number of hydrogen-bond donors (Lipinski definition) is 1. The molecule has 3 rings (SSSR count). The van der Waals surface area contributed by atoms with E-state index in [4.69, 9.17) is 4.74 Å². The van der Waals surface area contributed by atoms with E-state index in [0.717, 1.165) is 17.7 Å². The number of anilines is 2. The Morgan fingerprint density at radius 2 is 2.00 bits per heavy atom. The number of rotatable bonds is 8. The van der Waals surface area contributed by atoms with Gasteiger partial charge < -0.3 is 15.0 Å². The SMILES string of the molecule is CCCN1C(=O)COc2ccc(C(=O)CSCC(=O)Nc3cccc(C)c3)cc21. The summed E-state index contributed by atoms with van der Waals surface area (Å²) in [4.78, 5) is 38.4. The van der Waals surface area contributed by atoms with Gasteiger partial charge in [-0.15, -0.1) is 11.8 Å². The van der Waals surface area contributed by atoms with Crippen molar-refractivity contribution in [2.45, 2.75) is 20.3 Å². The van der Waals surface area contributed by atoms with E-state index in [9.17, 15) is 14.4 Å². The maximum absolute atomic E-state index is 12.6. The molecule has 0 atom stereocenters. The summed E-state index contributed by atoms with van der Waals surface area (Å²) in [5.41, 5.74) is 2.96. The van der Waals surface area contributed by atoms with E-state index in [0.29, 0.717) is 23.5 Å². The number of hydrogen-bond acceptors (Lipinski definition) is 5. The molecule has 0 saturated heterocycles. The largest absolute Gasteiger partial charge is 0.482 e. The Bertz CT molecular complexity index is 929. The van der Waals surface area contributed by atoms with Crippen LogP contribution < -0.4 is 15.0 Å². The first kappa shape index (κ1) is 20.9. The summed E-state index contributed by atoms with van der Waals surface area (Å²) >= 11 is 1.26. The first-order valence-corrected chi connectivity index (χ1v) is 10.7. The zero-order chi connectivity index (χ0) is 20.8. The highest BCUT2D eigenvalue weighted by molar-refractivity contribution is 8.00. The zero-order valence-electron chi connectivity index (χ0n) is 16.6. The summed E-state index contributed by atoms with van der Waals surface area (Å²) in [5, 5.41) is 2.83. The summed E-state index contributed by atoms with van der Waals surface area (Å²) in [6.07, 6.45) is 0.815. The molecular formula is C22H24N2O4S. The molecule has 7 heteroatoms. The summed E-state index contributed by atoms with van der Waals surface area (Å²) in [7, 11) is 0. The molecule has 1 aliphatic rings. The van der Waals surface area contributed by atoms with E-state index < -0.39 is 0 Å². The fourth-order valence-corrected chi connectivity index (χ4v) is 3.80.